The molecule has 1 N–H and O–H groups in total. The molecule has 0 atom stereocenters. The summed E-state index contributed by atoms with van der Waals surface area (Å²) >= 11 is 6.10. The van der Waals surface area contributed by atoms with Gasteiger partial charge in [-0.05, 0) is 24.6 Å². The molecule has 0 radical (unpaired) electrons. The van der Waals surface area contributed by atoms with Crippen molar-refractivity contribution in [1.29, 1.82) is 0 Å². The summed E-state index contributed by atoms with van der Waals surface area (Å²) in [5.74, 6) is 1.12. The number of pyridine rings is 1. The first-order chi connectivity index (χ1) is 15.7. The van der Waals surface area contributed by atoms with Crippen molar-refractivity contribution in [2.45, 2.75) is 6.92 Å². The smallest absolute Gasteiger partial charge is 0.229 e. The van der Waals surface area contributed by atoms with E-state index in [2.05, 4.69) is 31.5 Å². The Bertz CT molecular complexity index is 1280. The second-order valence-corrected chi connectivity index (χ2v) is 7.77. The van der Waals surface area contributed by atoms with Crippen molar-refractivity contribution >= 4 is 40.7 Å². The van der Waals surface area contributed by atoms with Crippen molar-refractivity contribution in [1.82, 2.24) is 24.5 Å². The molecule has 4 aromatic rings. The number of fused-ring (bicyclic) bond motifs is 1. The Kier molecular flexibility index (Phi) is 5.66. The van der Waals surface area contributed by atoms with Crippen LogP contribution in [0, 0.1) is 6.92 Å². The molecule has 0 spiro atoms. The molecule has 0 unspecified atom stereocenters. The zero-order valence-electron chi connectivity index (χ0n) is 17.4. The number of anilines is 2. The van der Waals surface area contributed by atoms with Gasteiger partial charge < -0.3 is 9.64 Å². The summed E-state index contributed by atoms with van der Waals surface area (Å²) in [6.07, 6.45) is 5.11. The van der Waals surface area contributed by atoms with Gasteiger partial charge in [-0.15, -0.1) is 0 Å². The van der Waals surface area contributed by atoms with Gasteiger partial charge in [0.25, 0.3) is 0 Å². The van der Waals surface area contributed by atoms with Gasteiger partial charge in [-0.1, -0.05) is 41.4 Å². The van der Waals surface area contributed by atoms with E-state index in [-0.39, 0.29) is 0 Å². The van der Waals surface area contributed by atoms with Crippen molar-refractivity contribution in [3.8, 4) is 5.69 Å². The highest BCUT2D eigenvalue weighted by Crippen LogP contribution is 2.26. The molecule has 4 heterocycles. The fourth-order valence-electron chi connectivity index (χ4n) is 3.52. The molecule has 3 aromatic heterocycles. The van der Waals surface area contributed by atoms with Gasteiger partial charge in [-0.2, -0.15) is 15.1 Å². The van der Waals surface area contributed by atoms with E-state index in [1.54, 1.807) is 24.8 Å². The number of aryl methyl sites for hydroxylation is 1. The van der Waals surface area contributed by atoms with Crippen LogP contribution in [0.5, 0.6) is 0 Å². The number of hydrogen-bond donors (Lipinski definition) is 1. The number of nitrogens with zero attached hydrogens (tertiary/aromatic N) is 7. The number of imidazole rings is 1. The van der Waals surface area contributed by atoms with E-state index in [4.69, 9.17) is 26.3 Å². The summed E-state index contributed by atoms with van der Waals surface area (Å²) in [6, 6.07) is 11.7. The molecule has 0 bridgehead atoms. The van der Waals surface area contributed by atoms with E-state index in [1.165, 1.54) is 5.56 Å². The third kappa shape index (κ3) is 4.25. The number of aromatic nitrogens is 5. The highest BCUT2D eigenvalue weighted by Gasteiger charge is 2.19. The van der Waals surface area contributed by atoms with Gasteiger partial charge >= 0.3 is 0 Å². The van der Waals surface area contributed by atoms with Gasteiger partial charge in [0.05, 0.1) is 25.1 Å². The van der Waals surface area contributed by atoms with Gasteiger partial charge in [0, 0.05) is 19.3 Å². The highest BCUT2D eigenvalue weighted by molar-refractivity contribution is 6.29. The number of rotatable bonds is 5. The fraction of sp³-hybridized carbons (Fsp3) is 0.227. The lowest BCUT2D eigenvalue weighted by atomic mass is 10.2. The third-order valence-corrected chi connectivity index (χ3v) is 5.30. The lowest BCUT2D eigenvalue weighted by Gasteiger charge is -2.27. The summed E-state index contributed by atoms with van der Waals surface area (Å²) in [4.78, 5) is 20.2. The first-order valence-corrected chi connectivity index (χ1v) is 10.6. The van der Waals surface area contributed by atoms with Crippen LogP contribution in [-0.4, -0.2) is 57.0 Å². The average Bonchev–Trinajstić information content (AvgIpc) is 3.24. The molecule has 0 amide bonds. The standard InChI is InChI=1S/C22H21ClN8O/c1-15-3-2-4-16(11-15)13-26-29-20-19-21(28-22(27-20)30-7-9-32-10-8-30)31(14-25-19)17-5-6-24-18(23)12-17/h2-6,11-14H,7-10H2,1H3,(H,27,28,29)/b26-13+. The van der Waals surface area contributed by atoms with Gasteiger partial charge in [0.1, 0.15) is 11.5 Å². The van der Waals surface area contributed by atoms with Crippen molar-refractivity contribution < 1.29 is 4.74 Å². The normalized spacial score (nSPS) is 14.4. The van der Waals surface area contributed by atoms with Crippen LogP contribution in [0.3, 0.4) is 0 Å². The Hall–Kier alpha value is -3.56. The molecule has 1 aliphatic rings. The predicted molar refractivity (Wildman–Crippen MR) is 125 cm³/mol. The number of halogens is 1. The molecule has 0 saturated carbocycles. The third-order valence-electron chi connectivity index (χ3n) is 5.09. The molecule has 1 aliphatic heterocycles. The maximum absolute atomic E-state index is 6.10. The van der Waals surface area contributed by atoms with Gasteiger partial charge in [0.2, 0.25) is 5.95 Å². The zero-order chi connectivity index (χ0) is 21.9. The molecular formula is C22H21ClN8O. The van der Waals surface area contributed by atoms with Crippen LogP contribution in [0.15, 0.2) is 54.0 Å². The van der Waals surface area contributed by atoms with Crippen LogP contribution in [0.1, 0.15) is 11.1 Å². The van der Waals surface area contributed by atoms with Crippen LogP contribution in [-0.2, 0) is 4.74 Å². The maximum Gasteiger partial charge on any atom is 0.229 e. The van der Waals surface area contributed by atoms with Gasteiger partial charge in [-0.25, -0.2) is 9.97 Å². The molecule has 9 nitrogen and oxygen atoms in total. The summed E-state index contributed by atoms with van der Waals surface area (Å²) in [7, 11) is 0. The molecule has 1 aromatic carbocycles. The number of benzene rings is 1. The highest BCUT2D eigenvalue weighted by atomic mass is 35.5. The van der Waals surface area contributed by atoms with Crippen molar-refractivity contribution in [2.24, 2.45) is 5.10 Å². The minimum atomic E-state index is 0.396. The summed E-state index contributed by atoms with van der Waals surface area (Å²) < 4.78 is 7.34. The zero-order valence-corrected chi connectivity index (χ0v) is 18.2. The quantitative estimate of drug-likeness (QED) is 0.284. The monoisotopic (exact) mass is 448 g/mol. The van der Waals surface area contributed by atoms with Gasteiger partial charge in [-0.3, -0.25) is 9.99 Å². The van der Waals surface area contributed by atoms with E-state index in [1.807, 2.05) is 35.8 Å². The average molecular weight is 449 g/mol. The number of nitrogens with one attached hydrogen (secondary N) is 1. The number of ether oxygens (including phenoxy) is 1. The number of hydrogen-bond acceptors (Lipinski definition) is 8. The maximum atomic E-state index is 6.10. The predicted octanol–water partition coefficient (Wildman–Crippen LogP) is 3.45. The lowest BCUT2D eigenvalue weighted by molar-refractivity contribution is 0.122. The number of morpholine rings is 1. The Labute approximate surface area is 189 Å². The largest absolute Gasteiger partial charge is 0.378 e. The Morgan fingerprint density at radius 1 is 1.12 bits per heavy atom. The Balaban J connectivity index is 1.55. The van der Waals surface area contributed by atoms with E-state index >= 15 is 0 Å². The van der Waals surface area contributed by atoms with Crippen LogP contribution in [0.4, 0.5) is 11.8 Å². The second kappa shape index (κ2) is 8.89. The van der Waals surface area contributed by atoms with Crippen molar-refractivity contribution in [3.63, 3.8) is 0 Å². The summed E-state index contributed by atoms with van der Waals surface area (Å²) in [5.41, 5.74) is 7.29. The molecule has 162 valence electrons. The summed E-state index contributed by atoms with van der Waals surface area (Å²) in [6.45, 7) is 4.74. The minimum absolute atomic E-state index is 0.396. The Morgan fingerprint density at radius 3 is 2.81 bits per heavy atom. The fourth-order valence-corrected chi connectivity index (χ4v) is 3.69. The van der Waals surface area contributed by atoms with E-state index in [0.29, 0.717) is 54.4 Å². The van der Waals surface area contributed by atoms with Gasteiger partial charge in [0.15, 0.2) is 17.0 Å². The van der Waals surface area contributed by atoms with Crippen LogP contribution in [0.2, 0.25) is 5.15 Å². The first-order valence-electron chi connectivity index (χ1n) is 10.2. The Morgan fingerprint density at radius 2 is 2.00 bits per heavy atom. The lowest BCUT2D eigenvalue weighted by Crippen LogP contribution is -2.37. The summed E-state index contributed by atoms with van der Waals surface area (Å²) in [5, 5.41) is 4.79. The molecule has 5 rings (SSSR count). The number of hydrazone groups is 1. The molecular weight excluding hydrogens is 428 g/mol. The van der Waals surface area contributed by atoms with E-state index < -0.39 is 0 Å². The topological polar surface area (TPSA) is 93.4 Å². The van der Waals surface area contributed by atoms with Crippen LogP contribution < -0.4 is 10.3 Å². The van der Waals surface area contributed by atoms with Crippen molar-refractivity contribution in [3.05, 3.63) is 65.2 Å². The van der Waals surface area contributed by atoms with E-state index in [0.717, 1.165) is 11.3 Å². The molecule has 32 heavy (non-hydrogen) atoms. The van der Waals surface area contributed by atoms with Crippen LogP contribution in [0.25, 0.3) is 16.9 Å². The van der Waals surface area contributed by atoms with E-state index in [9.17, 15) is 0 Å². The minimum Gasteiger partial charge on any atom is -0.378 e. The second-order valence-electron chi connectivity index (χ2n) is 7.38. The van der Waals surface area contributed by atoms with Crippen molar-refractivity contribution in [2.75, 3.05) is 36.6 Å². The molecule has 0 aliphatic carbocycles. The first kappa shape index (κ1) is 20.3. The molecule has 1 fully saturated rings. The molecule has 1 saturated heterocycles. The SMILES string of the molecule is Cc1cccc(/C=N/Nc2nc(N3CCOCC3)nc3c2ncn3-c2ccnc(Cl)c2)c1. The molecule has 10 heteroatoms. The van der Waals surface area contributed by atoms with Crippen LogP contribution >= 0.6 is 11.6 Å².